The number of hydrogen-bond acceptors (Lipinski definition) is 2. The minimum absolute atomic E-state index is 0.372. The van der Waals surface area contributed by atoms with E-state index in [4.69, 9.17) is 4.84 Å². The Hall–Kier alpha value is -0.530. The standard InChI is InChI=1S/C9H16NO/c1-8(2)7-10-11-9-5-3-4-6-9/h8-9H,3-6H2,1-2H3. The minimum Gasteiger partial charge on any atom is -0.392 e. The van der Waals surface area contributed by atoms with Gasteiger partial charge in [-0.3, -0.25) is 0 Å². The zero-order chi connectivity index (χ0) is 8.10. The van der Waals surface area contributed by atoms with E-state index in [1.165, 1.54) is 25.7 Å². The van der Waals surface area contributed by atoms with Crippen LogP contribution < -0.4 is 0 Å². The van der Waals surface area contributed by atoms with Gasteiger partial charge >= 0.3 is 0 Å². The third kappa shape index (κ3) is 3.40. The summed E-state index contributed by atoms with van der Waals surface area (Å²) in [5, 5.41) is 3.80. The van der Waals surface area contributed by atoms with Crippen LogP contribution in [0.4, 0.5) is 0 Å². The highest BCUT2D eigenvalue weighted by Gasteiger charge is 2.15. The molecule has 0 unspecified atom stereocenters. The van der Waals surface area contributed by atoms with Gasteiger partial charge in [0.05, 0.1) is 0 Å². The van der Waals surface area contributed by atoms with Gasteiger partial charge < -0.3 is 4.84 Å². The van der Waals surface area contributed by atoms with Gasteiger partial charge in [-0.15, -0.1) is 0 Å². The van der Waals surface area contributed by atoms with Crippen molar-refractivity contribution in [2.75, 3.05) is 0 Å². The summed E-state index contributed by atoms with van der Waals surface area (Å²) in [7, 11) is 0. The average molecular weight is 154 g/mol. The molecule has 0 bridgehead atoms. The van der Waals surface area contributed by atoms with E-state index in [2.05, 4.69) is 11.4 Å². The summed E-state index contributed by atoms with van der Waals surface area (Å²) in [6.45, 7) is 4.09. The predicted octanol–water partition coefficient (Wildman–Crippen LogP) is 2.46. The molecule has 1 aliphatic carbocycles. The van der Waals surface area contributed by atoms with Gasteiger partial charge in [-0.05, 0) is 25.7 Å². The van der Waals surface area contributed by atoms with E-state index >= 15 is 0 Å². The highest BCUT2D eigenvalue weighted by molar-refractivity contribution is 5.58. The summed E-state index contributed by atoms with van der Waals surface area (Å²) in [6.07, 6.45) is 8.18. The molecule has 0 amide bonds. The molecular formula is C9H16NO. The summed E-state index contributed by atoms with van der Waals surface area (Å²) in [5.74, 6) is 0.372. The largest absolute Gasteiger partial charge is 0.392 e. The molecule has 1 fully saturated rings. The molecule has 1 rings (SSSR count). The molecule has 0 atom stereocenters. The second-order valence-corrected chi connectivity index (χ2v) is 3.39. The van der Waals surface area contributed by atoms with Gasteiger partial charge in [0.1, 0.15) is 12.3 Å². The van der Waals surface area contributed by atoms with Crippen molar-refractivity contribution in [1.29, 1.82) is 0 Å². The molecule has 0 heterocycles. The molecule has 11 heavy (non-hydrogen) atoms. The monoisotopic (exact) mass is 154 g/mol. The molecule has 0 spiro atoms. The van der Waals surface area contributed by atoms with Crippen LogP contribution in [0.1, 0.15) is 39.5 Å². The van der Waals surface area contributed by atoms with Crippen LogP contribution in [0.2, 0.25) is 0 Å². The van der Waals surface area contributed by atoms with Crippen LogP contribution in [0.15, 0.2) is 5.16 Å². The van der Waals surface area contributed by atoms with Crippen LogP contribution in [-0.4, -0.2) is 12.3 Å². The fraction of sp³-hybridized carbons (Fsp3) is 0.889. The molecule has 2 heteroatoms. The molecule has 0 aromatic rings. The lowest BCUT2D eigenvalue weighted by atomic mass is 10.3. The van der Waals surface area contributed by atoms with Gasteiger partial charge in [-0.2, -0.15) is 0 Å². The fourth-order valence-electron chi connectivity index (χ4n) is 1.20. The highest BCUT2D eigenvalue weighted by atomic mass is 16.6. The smallest absolute Gasteiger partial charge is 0.127 e. The Labute approximate surface area is 68.6 Å². The summed E-state index contributed by atoms with van der Waals surface area (Å²) in [4.78, 5) is 5.23. The molecule has 0 saturated heterocycles. The Bertz CT molecular complexity index is 126. The van der Waals surface area contributed by atoms with Crippen LogP contribution in [0.5, 0.6) is 0 Å². The van der Waals surface area contributed by atoms with Crippen LogP contribution in [0.3, 0.4) is 0 Å². The van der Waals surface area contributed by atoms with E-state index < -0.39 is 0 Å². The SMILES string of the molecule is CC(C)/[C]=N/OC1CCCC1. The van der Waals surface area contributed by atoms with Crippen molar-refractivity contribution >= 4 is 6.21 Å². The average Bonchev–Trinajstić information content (AvgIpc) is 2.39. The van der Waals surface area contributed by atoms with Crippen molar-refractivity contribution in [3.8, 4) is 0 Å². The topological polar surface area (TPSA) is 21.6 Å². The zero-order valence-corrected chi connectivity index (χ0v) is 7.34. The number of hydrogen-bond donors (Lipinski definition) is 0. The molecule has 63 valence electrons. The Morgan fingerprint density at radius 2 is 2.00 bits per heavy atom. The first-order chi connectivity index (χ1) is 5.29. The lowest BCUT2D eigenvalue weighted by Gasteiger charge is -2.05. The summed E-state index contributed by atoms with van der Waals surface area (Å²) in [5.41, 5.74) is 0. The van der Waals surface area contributed by atoms with Crippen molar-refractivity contribution < 1.29 is 4.84 Å². The quantitative estimate of drug-likeness (QED) is 0.452. The molecular weight excluding hydrogens is 138 g/mol. The number of nitrogens with zero attached hydrogens (tertiary/aromatic N) is 1. The Balaban J connectivity index is 2.10. The van der Waals surface area contributed by atoms with Crippen LogP contribution in [-0.2, 0) is 4.84 Å². The maximum Gasteiger partial charge on any atom is 0.127 e. The van der Waals surface area contributed by atoms with E-state index in [1.807, 2.05) is 13.8 Å². The maximum absolute atomic E-state index is 5.23. The third-order valence-corrected chi connectivity index (χ3v) is 1.81. The summed E-state index contributed by atoms with van der Waals surface area (Å²) >= 11 is 0. The lowest BCUT2D eigenvalue weighted by Crippen LogP contribution is -2.03. The molecule has 0 aliphatic heterocycles. The molecule has 2 nitrogen and oxygen atoms in total. The molecule has 0 N–H and O–H groups in total. The van der Waals surface area contributed by atoms with Crippen LogP contribution in [0, 0.1) is 5.92 Å². The minimum atomic E-state index is 0.372. The van der Waals surface area contributed by atoms with Crippen molar-refractivity contribution in [1.82, 2.24) is 0 Å². The first-order valence-electron chi connectivity index (χ1n) is 4.40. The zero-order valence-electron chi connectivity index (χ0n) is 7.34. The van der Waals surface area contributed by atoms with E-state index in [-0.39, 0.29) is 0 Å². The molecule has 0 aromatic carbocycles. The normalized spacial score (nSPS) is 20.3. The van der Waals surface area contributed by atoms with E-state index in [1.54, 1.807) is 0 Å². The third-order valence-electron chi connectivity index (χ3n) is 1.81. The summed E-state index contributed by atoms with van der Waals surface area (Å²) in [6, 6.07) is 0. The van der Waals surface area contributed by atoms with Gasteiger partial charge in [0.15, 0.2) is 0 Å². The van der Waals surface area contributed by atoms with E-state index in [0.29, 0.717) is 12.0 Å². The van der Waals surface area contributed by atoms with Crippen molar-refractivity contribution in [2.45, 2.75) is 45.6 Å². The predicted molar refractivity (Wildman–Crippen MR) is 45.6 cm³/mol. The van der Waals surface area contributed by atoms with Crippen molar-refractivity contribution in [3.05, 3.63) is 0 Å². The van der Waals surface area contributed by atoms with Crippen molar-refractivity contribution in [2.24, 2.45) is 11.1 Å². The van der Waals surface area contributed by atoms with Gasteiger partial charge in [-0.25, -0.2) is 0 Å². The van der Waals surface area contributed by atoms with E-state index in [9.17, 15) is 0 Å². The summed E-state index contributed by atoms with van der Waals surface area (Å²) < 4.78 is 0. The second kappa shape index (κ2) is 4.37. The maximum atomic E-state index is 5.23. The van der Waals surface area contributed by atoms with Crippen LogP contribution >= 0.6 is 0 Å². The van der Waals surface area contributed by atoms with Gasteiger partial charge in [0.2, 0.25) is 0 Å². The Morgan fingerprint density at radius 3 is 2.55 bits per heavy atom. The highest BCUT2D eigenvalue weighted by Crippen LogP contribution is 2.20. The molecule has 1 saturated carbocycles. The Kier molecular flexibility index (Phi) is 3.40. The first kappa shape index (κ1) is 8.57. The fourth-order valence-corrected chi connectivity index (χ4v) is 1.20. The van der Waals surface area contributed by atoms with E-state index in [0.717, 1.165) is 0 Å². The van der Waals surface area contributed by atoms with Crippen molar-refractivity contribution in [3.63, 3.8) is 0 Å². The van der Waals surface area contributed by atoms with Gasteiger partial charge in [0.25, 0.3) is 0 Å². The van der Waals surface area contributed by atoms with Crippen LogP contribution in [0.25, 0.3) is 0 Å². The number of rotatable bonds is 3. The lowest BCUT2D eigenvalue weighted by molar-refractivity contribution is 0.0648. The first-order valence-corrected chi connectivity index (χ1v) is 4.40. The van der Waals surface area contributed by atoms with Gasteiger partial charge in [-0.1, -0.05) is 19.0 Å². The molecule has 1 aliphatic rings. The second-order valence-electron chi connectivity index (χ2n) is 3.39. The van der Waals surface area contributed by atoms with Gasteiger partial charge in [0, 0.05) is 5.92 Å². The molecule has 0 aromatic heterocycles. The molecule has 1 radical (unpaired) electrons. The Morgan fingerprint density at radius 1 is 1.36 bits per heavy atom.